The molecule has 0 fully saturated rings. The van der Waals surface area contributed by atoms with Crippen LogP contribution in [0.2, 0.25) is 0 Å². The molecule has 0 bridgehead atoms. The van der Waals surface area contributed by atoms with E-state index in [4.69, 9.17) is 0 Å². The maximum atomic E-state index is 2.41. The van der Waals surface area contributed by atoms with Gasteiger partial charge in [0.2, 0.25) is 5.04 Å². The lowest BCUT2D eigenvalue weighted by atomic mass is 10.2. The second kappa shape index (κ2) is 7.13. The molecule has 1 aromatic rings. The second-order valence-electron chi connectivity index (χ2n) is 4.05. The van der Waals surface area contributed by atoms with Crippen LogP contribution in [0.5, 0.6) is 0 Å². The summed E-state index contributed by atoms with van der Waals surface area (Å²) in [6.07, 6.45) is 3.99. The highest BCUT2D eigenvalue weighted by Crippen LogP contribution is 2.19. The second-order valence-corrected chi connectivity index (χ2v) is 5.10. The average Bonchev–Trinajstić information content (AvgIpc) is 2.29. The van der Waals surface area contributed by atoms with Gasteiger partial charge < -0.3 is 17.0 Å². The van der Waals surface area contributed by atoms with Crippen molar-refractivity contribution in [2.75, 3.05) is 13.6 Å². The Labute approximate surface area is 113 Å². The van der Waals surface area contributed by atoms with Crippen LogP contribution >= 0.6 is 11.8 Å². The summed E-state index contributed by atoms with van der Waals surface area (Å²) in [6, 6.07) is 10.7. The molecule has 88 valence electrons. The summed E-state index contributed by atoms with van der Waals surface area (Å²) in [5.41, 5.74) is 1.42. The summed E-state index contributed by atoms with van der Waals surface area (Å²) in [7, 11) is 2.21. The standard InChI is InChI=1S/C13H18NS.BrH/c1-14-10-6-5-9-13(14)15-11-12-7-3-2-4-8-12;/h2-4,7-8H,5-6,9-11H2,1H3;1H/q+1;/p-1. The summed E-state index contributed by atoms with van der Waals surface area (Å²) in [5, 5.41) is 1.56. The van der Waals surface area contributed by atoms with Gasteiger partial charge in [0.15, 0.2) is 0 Å². The molecule has 16 heavy (non-hydrogen) atoms. The third-order valence-corrected chi connectivity index (χ3v) is 4.13. The monoisotopic (exact) mass is 299 g/mol. The molecule has 0 atom stereocenters. The van der Waals surface area contributed by atoms with Gasteiger partial charge in [0.25, 0.3) is 0 Å². The Kier molecular flexibility index (Phi) is 6.14. The van der Waals surface area contributed by atoms with Gasteiger partial charge in [0.05, 0.1) is 0 Å². The van der Waals surface area contributed by atoms with Crippen molar-refractivity contribution < 1.29 is 21.6 Å². The van der Waals surface area contributed by atoms with Crippen LogP contribution in [0.3, 0.4) is 0 Å². The topological polar surface area (TPSA) is 3.01 Å². The Morgan fingerprint density at radius 3 is 2.62 bits per heavy atom. The first kappa shape index (κ1) is 13.8. The minimum Gasteiger partial charge on any atom is -1.00 e. The molecule has 0 spiro atoms. The third kappa shape index (κ3) is 3.95. The van der Waals surface area contributed by atoms with Crippen LogP contribution in [-0.2, 0) is 5.75 Å². The fourth-order valence-electron chi connectivity index (χ4n) is 1.86. The molecule has 0 aromatic heterocycles. The minimum atomic E-state index is 0. The molecular weight excluding hydrogens is 282 g/mol. The van der Waals surface area contributed by atoms with E-state index < -0.39 is 0 Å². The summed E-state index contributed by atoms with van der Waals surface area (Å²) >= 11 is 2.00. The van der Waals surface area contributed by atoms with Crippen molar-refractivity contribution in [3.63, 3.8) is 0 Å². The Morgan fingerprint density at radius 2 is 1.94 bits per heavy atom. The van der Waals surface area contributed by atoms with Crippen LogP contribution in [-0.4, -0.2) is 23.2 Å². The third-order valence-electron chi connectivity index (χ3n) is 2.81. The van der Waals surface area contributed by atoms with Crippen molar-refractivity contribution in [2.45, 2.75) is 25.0 Å². The van der Waals surface area contributed by atoms with Gasteiger partial charge in [-0.2, -0.15) is 0 Å². The van der Waals surface area contributed by atoms with Crippen LogP contribution in [0.15, 0.2) is 30.3 Å². The quantitative estimate of drug-likeness (QED) is 0.703. The summed E-state index contributed by atoms with van der Waals surface area (Å²) in [5.74, 6) is 1.11. The first-order chi connectivity index (χ1) is 7.36. The molecule has 0 unspecified atom stereocenters. The molecule has 0 radical (unpaired) electrons. The molecule has 0 N–H and O–H groups in total. The fourth-order valence-corrected chi connectivity index (χ4v) is 2.99. The van der Waals surface area contributed by atoms with Gasteiger partial charge >= 0.3 is 0 Å². The van der Waals surface area contributed by atoms with Gasteiger partial charge in [0, 0.05) is 18.6 Å². The van der Waals surface area contributed by atoms with Crippen LogP contribution in [0.25, 0.3) is 0 Å². The number of halogens is 1. The minimum absolute atomic E-state index is 0. The van der Waals surface area contributed by atoms with Gasteiger partial charge in [-0.15, -0.1) is 0 Å². The van der Waals surface area contributed by atoms with Crippen molar-refractivity contribution >= 4 is 16.8 Å². The van der Waals surface area contributed by atoms with Gasteiger partial charge in [-0.3, -0.25) is 0 Å². The van der Waals surface area contributed by atoms with Gasteiger partial charge in [-0.05, 0) is 12.0 Å². The number of hydrogen-bond acceptors (Lipinski definition) is 1. The van der Waals surface area contributed by atoms with Gasteiger partial charge in [-0.1, -0.05) is 42.1 Å². The van der Waals surface area contributed by atoms with E-state index in [0.717, 1.165) is 5.75 Å². The van der Waals surface area contributed by atoms with E-state index in [9.17, 15) is 0 Å². The Hall–Kier alpha value is -0.280. The van der Waals surface area contributed by atoms with E-state index in [1.165, 1.54) is 31.4 Å². The summed E-state index contributed by atoms with van der Waals surface area (Å²) in [4.78, 5) is 0. The van der Waals surface area contributed by atoms with Gasteiger partial charge in [0.1, 0.15) is 13.6 Å². The molecule has 1 aliphatic heterocycles. The molecule has 1 aromatic carbocycles. The average molecular weight is 300 g/mol. The summed E-state index contributed by atoms with van der Waals surface area (Å²) < 4.78 is 2.41. The Morgan fingerprint density at radius 1 is 1.19 bits per heavy atom. The zero-order valence-corrected chi connectivity index (χ0v) is 12.1. The molecule has 2 rings (SSSR count). The molecule has 3 heteroatoms. The highest BCUT2D eigenvalue weighted by Gasteiger charge is 2.16. The number of thioether (sulfide) groups is 1. The van der Waals surface area contributed by atoms with Crippen molar-refractivity contribution in [1.29, 1.82) is 0 Å². The number of hydrogen-bond donors (Lipinski definition) is 0. The lowest BCUT2D eigenvalue weighted by Crippen LogP contribution is -3.00. The molecule has 1 heterocycles. The molecule has 1 aliphatic rings. The van der Waals surface area contributed by atoms with Crippen molar-refractivity contribution in [1.82, 2.24) is 0 Å². The van der Waals surface area contributed by atoms with E-state index >= 15 is 0 Å². The van der Waals surface area contributed by atoms with Crippen LogP contribution < -0.4 is 17.0 Å². The van der Waals surface area contributed by atoms with Crippen LogP contribution in [0, 0.1) is 0 Å². The highest BCUT2D eigenvalue weighted by molar-refractivity contribution is 8.13. The maximum absolute atomic E-state index is 2.41. The van der Waals surface area contributed by atoms with Gasteiger partial charge in [-0.25, -0.2) is 4.58 Å². The van der Waals surface area contributed by atoms with Crippen LogP contribution in [0.4, 0.5) is 0 Å². The summed E-state index contributed by atoms with van der Waals surface area (Å²) in [6.45, 7) is 1.23. The first-order valence-corrected chi connectivity index (χ1v) is 6.58. The van der Waals surface area contributed by atoms with E-state index in [-0.39, 0.29) is 17.0 Å². The van der Waals surface area contributed by atoms with E-state index in [2.05, 4.69) is 42.0 Å². The number of nitrogens with zero attached hydrogens (tertiary/aromatic N) is 1. The SMILES string of the molecule is C[N+]1=C(SCc2ccccc2)CCCC1.[Br-]. The van der Waals surface area contributed by atoms with Crippen molar-refractivity contribution in [3.8, 4) is 0 Å². The lowest BCUT2D eigenvalue weighted by Gasteiger charge is -2.11. The maximum Gasteiger partial charge on any atom is 0.210 e. The molecule has 0 saturated heterocycles. The predicted octanol–water partition coefficient (Wildman–Crippen LogP) is 0.148. The molecule has 0 aliphatic carbocycles. The van der Waals surface area contributed by atoms with E-state index in [1.807, 2.05) is 11.8 Å². The lowest BCUT2D eigenvalue weighted by molar-refractivity contribution is -0.499. The Balaban J connectivity index is 0.00000128. The Bertz CT molecular complexity index is 348. The van der Waals surface area contributed by atoms with Crippen molar-refractivity contribution in [2.24, 2.45) is 0 Å². The smallest absolute Gasteiger partial charge is 0.210 e. The zero-order chi connectivity index (χ0) is 10.5. The van der Waals surface area contributed by atoms with Crippen molar-refractivity contribution in [3.05, 3.63) is 35.9 Å². The van der Waals surface area contributed by atoms with Crippen LogP contribution in [0.1, 0.15) is 24.8 Å². The molecule has 1 nitrogen and oxygen atoms in total. The highest BCUT2D eigenvalue weighted by atomic mass is 79.9. The predicted molar refractivity (Wildman–Crippen MR) is 67.6 cm³/mol. The molecular formula is C13H18BrNS. The molecule has 0 saturated carbocycles. The van der Waals surface area contributed by atoms with E-state index in [1.54, 1.807) is 5.04 Å². The number of rotatable bonds is 2. The first-order valence-electron chi connectivity index (χ1n) is 5.60. The van der Waals surface area contributed by atoms with E-state index in [0.29, 0.717) is 0 Å². The largest absolute Gasteiger partial charge is 1.00 e. The molecule has 0 amide bonds. The normalized spacial score (nSPS) is 15.8. The number of benzene rings is 1. The zero-order valence-electron chi connectivity index (χ0n) is 9.66. The fraction of sp³-hybridized carbons (Fsp3) is 0.462.